The Balaban J connectivity index is 1.24. The molecule has 6 rings (SSSR count). The highest BCUT2D eigenvalue weighted by atomic mass is 32.2. The topological polar surface area (TPSA) is 89.3 Å². The Labute approximate surface area is 237 Å². The van der Waals surface area contributed by atoms with Crippen molar-refractivity contribution >= 4 is 21.2 Å². The number of pyridine rings is 2. The van der Waals surface area contributed by atoms with E-state index in [9.17, 15) is 17.2 Å². The molecule has 0 saturated carbocycles. The van der Waals surface area contributed by atoms with E-state index >= 15 is 0 Å². The van der Waals surface area contributed by atoms with Gasteiger partial charge in [-0.1, -0.05) is 0 Å². The summed E-state index contributed by atoms with van der Waals surface area (Å²) in [6, 6.07) is 9.37. The fraction of sp³-hybridized carbons (Fsp3) is 0.379. The molecule has 4 aromatic rings. The van der Waals surface area contributed by atoms with Crippen LogP contribution < -0.4 is 9.04 Å². The third kappa shape index (κ3) is 5.64. The molecule has 0 aliphatic carbocycles. The number of likely N-dealkylation sites (tertiary alicyclic amines) is 1. The zero-order chi connectivity index (χ0) is 28.8. The van der Waals surface area contributed by atoms with Crippen molar-refractivity contribution in [3.8, 4) is 28.1 Å². The van der Waals surface area contributed by atoms with Crippen LogP contribution in [0.1, 0.15) is 12.8 Å². The summed E-state index contributed by atoms with van der Waals surface area (Å²) in [6.07, 6.45) is 7.80. The van der Waals surface area contributed by atoms with Crippen molar-refractivity contribution in [1.29, 1.82) is 0 Å². The molecule has 2 aliphatic rings. The maximum Gasteiger partial charge on any atom is 0.231 e. The van der Waals surface area contributed by atoms with Crippen LogP contribution in [-0.2, 0) is 14.8 Å². The van der Waals surface area contributed by atoms with Gasteiger partial charge >= 0.3 is 0 Å². The van der Waals surface area contributed by atoms with Gasteiger partial charge in [0, 0.05) is 36.2 Å². The number of fused-ring (bicyclic) bond motifs is 1. The van der Waals surface area contributed by atoms with Crippen molar-refractivity contribution in [3.05, 3.63) is 66.6 Å². The van der Waals surface area contributed by atoms with Gasteiger partial charge in [0.15, 0.2) is 5.82 Å². The van der Waals surface area contributed by atoms with E-state index in [1.165, 1.54) is 26.0 Å². The minimum absolute atomic E-state index is 0.0894. The summed E-state index contributed by atoms with van der Waals surface area (Å²) in [5, 5.41) is 4.48. The third-order valence-corrected chi connectivity index (χ3v) is 9.28. The summed E-state index contributed by atoms with van der Waals surface area (Å²) in [5.41, 5.74) is 2.97. The molecule has 2 fully saturated rings. The molecule has 1 aromatic carbocycles. The van der Waals surface area contributed by atoms with E-state index in [0.717, 1.165) is 61.2 Å². The Morgan fingerprint density at radius 2 is 1.83 bits per heavy atom. The zero-order valence-electron chi connectivity index (χ0n) is 22.9. The highest BCUT2D eigenvalue weighted by molar-refractivity contribution is 7.92. The number of hydrogen-bond donors (Lipinski definition) is 0. The lowest BCUT2D eigenvalue weighted by atomic mass is 9.77. The molecule has 41 heavy (non-hydrogen) atoms. The van der Waals surface area contributed by atoms with Crippen molar-refractivity contribution in [2.45, 2.75) is 12.8 Å². The van der Waals surface area contributed by atoms with Crippen molar-refractivity contribution in [3.63, 3.8) is 0 Å². The molecule has 2 saturated heterocycles. The van der Waals surface area contributed by atoms with Crippen molar-refractivity contribution < 1.29 is 26.7 Å². The highest BCUT2D eigenvalue weighted by Gasteiger charge is 2.40. The monoisotopic (exact) mass is 583 g/mol. The zero-order valence-corrected chi connectivity index (χ0v) is 23.7. The Hall–Kier alpha value is -3.61. The van der Waals surface area contributed by atoms with Gasteiger partial charge in [0.2, 0.25) is 10.0 Å². The predicted molar refractivity (Wildman–Crippen MR) is 151 cm³/mol. The third-order valence-electron chi connectivity index (χ3n) is 8.07. The van der Waals surface area contributed by atoms with Crippen LogP contribution in [-0.4, -0.2) is 80.7 Å². The lowest BCUT2D eigenvalue weighted by Gasteiger charge is -2.47. The van der Waals surface area contributed by atoms with Crippen LogP contribution >= 0.6 is 0 Å². The summed E-state index contributed by atoms with van der Waals surface area (Å²) in [6.45, 7) is 5.30. The lowest BCUT2D eigenvalue weighted by molar-refractivity contribution is -0.139. The molecule has 5 heterocycles. The van der Waals surface area contributed by atoms with Gasteiger partial charge in [-0.25, -0.2) is 21.7 Å². The van der Waals surface area contributed by atoms with Crippen LogP contribution in [0, 0.1) is 17.0 Å². The lowest BCUT2D eigenvalue weighted by Crippen LogP contribution is -2.51. The Morgan fingerprint density at radius 3 is 2.51 bits per heavy atom. The average molecular weight is 584 g/mol. The number of sulfonamides is 1. The number of rotatable bonds is 8. The normalized spacial score (nSPS) is 17.1. The standard InChI is InChI=1S/C29H31F2N5O4S/c1-34(41(2,37)38)23-12-20(11-21(13-23)28-26(31)14-22(30)15-32-28)25-16-33-36-17-24(3-4-27(25)36)40-10-9-35-7-5-29(6-8-35)18-39-19-29/h3-4,11-17H,5-10,18-19H2,1-2H3. The largest absolute Gasteiger partial charge is 0.491 e. The van der Waals surface area contributed by atoms with Crippen molar-refractivity contribution in [2.75, 3.05) is 57.1 Å². The molecule has 12 heteroatoms. The van der Waals surface area contributed by atoms with Crippen LogP contribution in [0.2, 0.25) is 0 Å². The average Bonchev–Trinajstić information content (AvgIpc) is 3.35. The maximum atomic E-state index is 14.7. The van der Waals surface area contributed by atoms with Gasteiger partial charge in [0.1, 0.15) is 23.9 Å². The van der Waals surface area contributed by atoms with E-state index in [4.69, 9.17) is 9.47 Å². The Morgan fingerprint density at radius 1 is 1.07 bits per heavy atom. The SMILES string of the molecule is CN(c1cc(-c2ncc(F)cc2F)cc(-c2cnn3cc(OCCN4CCC5(CC4)COC5)ccc23)c1)S(C)(=O)=O. The maximum absolute atomic E-state index is 14.7. The molecule has 0 bridgehead atoms. The van der Waals surface area contributed by atoms with E-state index in [1.807, 2.05) is 12.1 Å². The van der Waals surface area contributed by atoms with Crippen LogP contribution in [0.3, 0.4) is 0 Å². The molecule has 216 valence electrons. The smallest absolute Gasteiger partial charge is 0.231 e. The molecule has 2 aliphatic heterocycles. The fourth-order valence-corrected chi connectivity index (χ4v) is 5.89. The molecule has 0 amide bonds. The minimum atomic E-state index is -3.61. The second kappa shape index (κ2) is 10.7. The van der Waals surface area contributed by atoms with Gasteiger partial charge in [-0.2, -0.15) is 5.10 Å². The molecule has 0 unspecified atom stereocenters. The van der Waals surface area contributed by atoms with Gasteiger partial charge in [-0.05, 0) is 61.8 Å². The van der Waals surface area contributed by atoms with E-state index < -0.39 is 21.7 Å². The van der Waals surface area contributed by atoms with Gasteiger partial charge in [0.05, 0.1) is 49.3 Å². The van der Waals surface area contributed by atoms with E-state index in [2.05, 4.69) is 15.0 Å². The first kappa shape index (κ1) is 27.6. The molecule has 0 radical (unpaired) electrons. The summed E-state index contributed by atoms with van der Waals surface area (Å²) >= 11 is 0. The molecule has 0 N–H and O–H groups in total. The highest BCUT2D eigenvalue weighted by Crippen LogP contribution is 2.38. The summed E-state index contributed by atoms with van der Waals surface area (Å²) in [5.74, 6) is -0.973. The summed E-state index contributed by atoms with van der Waals surface area (Å²) in [4.78, 5) is 6.34. The van der Waals surface area contributed by atoms with E-state index in [1.54, 1.807) is 29.0 Å². The van der Waals surface area contributed by atoms with Crippen LogP contribution in [0.5, 0.6) is 5.75 Å². The van der Waals surface area contributed by atoms with Gasteiger partial charge < -0.3 is 9.47 Å². The van der Waals surface area contributed by atoms with Gasteiger partial charge in [-0.3, -0.25) is 14.2 Å². The number of benzene rings is 1. The minimum Gasteiger partial charge on any atom is -0.491 e. The number of aromatic nitrogens is 3. The van der Waals surface area contributed by atoms with E-state index in [-0.39, 0.29) is 5.69 Å². The number of halogens is 2. The van der Waals surface area contributed by atoms with E-state index in [0.29, 0.717) is 40.1 Å². The molecule has 3 aromatic heterocycles. The first-order valence-electron chi connectivity index (χ1n) is 13.4. The Kier molecular flexibility index (Phi) is 7.16. The van der Waals surface area contributed by atoms with Gasteiger partial charge in [0.25, 0.3) is 0 Å². The number of ether oxygens (including phenoxy) is 2. The van der Waals surface area contributed by atoms with Crippen LogP contribution in [0.15, 0.2) is 55.0 Å². The molecular formula is C29H31F2N5O4S. The molecule has 1 spiro atoms. The van der Waals surface area contributed by atoms with Crippen molar-refractivity contribution in [2.24, 2.45) is 5.41 Å². The molecular weight excluding hydrogens is 552 g/mol. The fourth-order valence-electron chi connectivity index (χ4n) is 5.40. The van der Waals surface area contributed by atoms with Crippen LogP contribution in [0.4, 0.5) is 14.5 Å². The number of anilines is 1. The molecule has 9 nitrogen and oxygen atoms in total. The summed E-state index contributed by atoms with van der Waals surface area (Å²) in [7, 11) is -2.20. The second-order valence-corrected chi connectivity index (χ2v) is 12.9. The number of hydrogen-bond acceptors (Lipinski definition) is 7. The van der Waals surface area contributed by atoms with Crippen LogP contribution in [0.25, 0.3) is 27.9 Å². The number of piperidine rings is 1. The van der Waals surface area contributed by atoms with Crippen molar-refractivity contribution in [1.82, 2.24) is 19.5 Å². The second-order valence-electron chi connectivity index (χ2n) is 10.9. The quantitative estimate of drug-likeness (QED) is 0.307. The van der Waals surface area contributed by atoms with Gasteiger partial charge in [-0.15, -0.1) is 0 Å². The Bertz CT molecular complexity index is 1700. The first-order valence-corrected chi connectivity index (χ1v) is 15.3. The number of nitrogens with zero attached hydrogens (tertiary/aromatic N) is 5. The predicted octanol–water partition coefficient (Wildman–Crippen LogP) is 4.23. The summed E-state index contributed by atoms with van der Waals surface area (Å²) < 4.78 is 67.1. The first-order chi connectivity index (χ1) is 19.6. The molecule has 0 atom stereocenters.